The highest BCUT2D eigenvalue weighted by Crippen LogP contribution is 2.41. The Hall–Kier alpha value is -2.65. The Kier molecular flexibility index (Phi) is 7.44. The molecule has 0 bridgehead atoms. The summed E-state index contributed by atoms with van der Waals surface area (Å²) in [5.74, 6) is 0.796. The number of hydrogen-bond donors (Lipinski definition) is 3. The third-order valence-corrected chi connectivity index (χ3v) is 6.32. The molecule has 30 heavy (non-hydrogen) atoms. The molecule has 1 saturated heterocycles. The second-order valence-electron chi connectivity index (χ2n) is 7.14. The number of nitrogen functional groups attached to an aromatic ring is 1. The Balaban J connectivity index is 0.00000320. The SMILES string of the molecule is COc1c(OS(=O)(=O)c2ccc(N)cc2)cc(C)cc1C1CCN(C(=N)N)CC1.Cl. The van der Waals surface area contributed by atoms with Crippen LogP contribution in [0.3, 0.4) is 0 Å². The average molecular weight is 455 g/mol. The highest BCUT2D eigenvalue weighted by molar-refractivity contribution is 7.87. The largest absolute Gasteiger partial charge is 0.492 e. The van der Waals surface area contributed by atoms with Gasteiger partial charge in [-0.25, -0.2) is 0 Å². The van der Waals surface area contributed by atoms with Crippen LogP contribution in [-0.4, -0.2) is 39.5 Å². The van der Waals surface area contributed by atoms with Crippen molar-refractivity contribution in [2.45, 2.75) is 30.6 Å². The number of hydrogen-bond acceptors (Lipinski definition) is 6. The molecule has 1 fully saturated rings. The zero-order valence-electron chi connectivity index (χ0n) is 16.9. The number of ether oxygens (including phenoxy) is 1. The van der Waals surface area contributed by atoms with E-state index in [0.29, 0.717) is 24.5 Å². The van der Waals surface area contributed by atoms with Gasteiger partial charge in [-0.2, -0.15) is 8.42 Å². The number of rotatable bonds is 5. The molecule has 0 aliphatic carbocycles. The Labute approximate surface area is 183 Å². The molecule has 1 aliphatic rings. The van der Waals surface area contributed by atoms with Gasteiger partial charge in [0, 0.05) is 24.3 Å². The molecule has 8 nitrogen and oxygen atoms in total. The molecule has 0 amide bonds. The van der Waals surface area contributed by atoms with E-state index in [1.54, 1.807) is 6.07 Å². The van der Waals surface area contributed by atoms with Crippen LogP contribution in [-0.2, 0) is 10.1 Å². The smallest absolute Gasteiger partial charge is 0.339 e. The molecular weight excluding hydrogens is 428 g/mol. The fraction of sp³-hybridized carbons (Fsp3) is 0.350. The topological polar surface area (TPSA) is 132 Å². The lowest BCUT2D eigenvalue weighted by atomic mass is 9.88. The normalized spacial score (nSPS) is 14.7. The molecule has 0 atom stereocenters. The van der Waals surface area contributed by atoms with Gasteiger partial charge >= 0.3 is 10.1 Å². The van der Waals surface area contributed by atoms with Crippen LogP contribution in [0.2, 0.25) is 0 Å². The predicted octanol–water partition coefficient (Wildman–Crippen LogP) is 2.85. The number of guanidine groups is 1. The molecule has 0 radical (unpaired) electrons. The molecule has 3 rings (SSSR count). The van der Waals surface area contributed by atoms with Crippen molar-refractivity contribution in [2.75, 3.05) is 25.9 Å². The van der Waals surface area contributed by atoms with E-state index in [-0.39, 0.29) is 34.9 Å². The zero-order valence-corrected chi connectivity index (χ0v) is 18.6. The van der Waals surface area contributed by atoms with E-state index >= 15 is 0 Å². The summed E-state index contributed by atoms with van der Waals surface area (Å²) in [6.07, 6.45) is 1.56. The molecular formula is C20H27ClN4O4S. The van der Waals surface area contributed by atoms with Gasteiger partial charge in [-0.3, -0.25) is 5.41 Å². The number of piperidine rings is 1. The van der Waals surface area contributed by atoms with Crippen molar-refractivity contribution in [2.24, 2.45) is 5.73 Å². The fourth-order valence-corrected chi connectivity index (χ4v) is 4.51. The van der Waals surface area contributed by atoms with Gasteiger partial charge in [0.25, 0.3) is 0 Å². The van der Waals surface area contributed by atoms with E-state index in [1.165, 1.54) is 31.4 Å². The number of anilines is 1. The molecule has 0 aromatic heterocycles. The maximum atomic E-state index is 12.7. The number of benzene rings is 2. The van der Waals surface area contributed by atoms with Gasteiger partial charge in [0.1, 0.15) is 4.90 Å². The van der Waals surface area contributed by atoms with Crippen molar-refractivity contribution in [3.63, 3.8) is 0 Å². The van der Waals surface area contributed by atoms with Crippen LogP contribution < -0.4 is 20.4 Å². The first-order valence-corrected chi connectivity index (χ1v) is 10.7. The number of nitrogens with one attached hydrogen (secondary N) is 1. The Morgan fingerprint density at radius 1 is 1.17 bits per heavy atom. The van der Waals surface area contributed by atoms with Crippen molar-refractivity contribution < 1.29 is 17.3 Å². The highest BCUT2D eigenvalue weighted by Gasteiger charge is 2.27. The number of methoxy groups -OCH3 is 1. The summed E-state index contributed by atoms with van der Waals surface area (Å²) >= 11 is 0. The van der Waals surface area contributed by atoms with Gasteiger partial charge in [0.05, 0.1) is 7.11 Å². The summed E-state index contributed by atoms with van der Waals surface area (Å²) < 4.78 is 36.5. The number of nitrogens with zero attached hydrogens (tertiary/aromatic N) is 1. The summed E-state index contributed by atoms with van der Waals surface area (Å²) in [6, 6.07) is 9.49. The van der Waals surface area contributed by atoms with Gasteiger partial charge in [0.15, 0.2) is 17.5 Å². The number of nitrogens with two attached hydrogens (primary N) is 2. The van der Waals surface area contributed by atoms with E-state index < -0.39 is 10.1 Å². The average Bonchev–Trinajstić information content (AvgIpc) is 2.67. The molecule has 2 aromatic carbocycles. The molecule has 2 aromatic rings. The van der Waals surface area contributed by atoms with Crippen molar-refractivity contribution in [1.82, 2.24) is 4.90 Å². The van der Waals surface area contributed by atoms with Crippen LogP contribution in [0.15, 0.2) is 41.3 Å². The van der Waals surface area contributed by atoms with Crippen molar-refractivity contribution in [3.8, 4) is 11.5 Å². The van der Waals surface area contributed by atoms with E-state index in [4.69, 9.17) is 25.8 Å². The monoisotopic (exact) mass is 454 g/mol. The first kappa shape index (κ1) is 23.6. The zero-order chi connectivity index (χ0) is 21.2. The van der Waals surface area contributed by atoms with Crippen LogP contribution in [0.4, 0.5) is 5.69 Å². The minimum Gasteiger partial charge on any atom is -0.492 e. The highest BCUT2D eigenvalue weighted by atomic mass is 35.5. The third kappa shape index (κ3) is 5.09. The summed E-state index contributed by atoms with van der Waals surface area (Å²) in [5.41, 5.74) is 13.5. The van der Waals surface area contributed by atoms with E-state index in [0.717, 1.165) is 24.0 Å². The summed E-state index contributed by atoms with van der Waals surface area (Å²) in [7, 11) is -2.53. The van der Waals surface area contributed by atoms with Crippen LogP contribution in [0.5, 0.6) is 11.5 Å². The summed E-state index contributed by atoms with van der Waals surface area (Å²) in [6.45, 7) is 3.21. The first-order chi connectivity index (χ1) is 13.7. The van der Waals surface area contributed by atoms with Gasteiger partial charge in [-0.1, -0.05) is 6.07 Å². The lowest BCUT2D eigenvalue weighted by Gasteiger charge is -2.33. The molecule has 10 heteroatoms. The number of halogens is 1. The Morgan fingerprint density at radius 2 is 1.77 bits per heavy atom. The maximum Gasteiger partial charge on any atom is 0.339 e. The number of likely N-dealkylation sites (tertiary alicyclic amines) is 1. The van der Waals surface area contributed by atoms with E-state index in [9.17, 15) is 8.42 Å². The molecule has 0 saturated carbocycles. The molecule has 0 spiro atoms. The van der Waals surface area contributed by atoms with Gasteiger partial charge in [-0.05, 0) is 61.6 Å². The second kappa shape index (κ2) is 9.44. The Bertz CT molecular complexity index is 1000. The fourth-order valence-electron chi connectivity index (χ4n) is 3.58. The van der Waals surface area contributed by atoms with Gasteiger partial charge in [-0.15, -0.1) is 12.4 Å². The quantitative estimate of drug-likeness (QED) is 0.274. The lowest BCUT2D eigenvalue weighted by Crippen LogP contribution is -2.41. The molecule has 1 aliphatic heterocycles. The van der Waals surface area contributed by atoms with Crippen LogP contribution in [0.25, 0.3) is 0 Å². The first-order valence-electron chi connectivity index (χ1n) is 9.29. The standard InChI is InChI=1S/C20H26N4O4S.ClH/c1-13-11-17(14-7-9-24(10-8-14)20(22)23)19(27-2)18(12-13)28-29(25,26)16-5-3-15(21)4-6-16;/h3-6,11-12,14H,7-10,21H2,1-2H3,(H3,22,23);1H. The van der Waals surface area contributed by atoms with E-state index in [2.05, 4.69) is 0 Å². The Morgan fingerprint density at radius 3 is 2.30 bits per heavy atom. The number of aryl methyl sites for hydroxylation is 1. The van der Waals surface area contributed by atoms with Gasteiger partial charge < -0.3 is 25.3 Å². The minimum atomic E-state index is -4.04. The van der Waals surface area contributed by atoms with Crippen LogP contribution >= 0.6 is 12.4 Å². The van der Waals surface area contributed by atoms with Crippen LogP contribution in [0, 0.1) is 12.3 Å². The van der Waals surface area contributed by atoms with Gasteiger partial charge in [0.2, 0.25) is 0 Å². The summed E-state index contributed by atoms with van der Waals surface area (Å²) in [4.78, 5) is 1.84. The van der Waals surface area contributed by atoms with Crippen LogP contribution in [0.1, 0.15) is 29.9 Å². The van der Waals surface area contributed by atoms with Crippen molar-refractivity contribution in [3.05, 3.63) is 47.5 Å². The third-order valence-electron chi connectivity index (χ3n) is 5.08. The van der Waals surface area contributed by atoms with Crippen molar-refractivity contribution >= 4 is 34.2 Å². The van der Waals surface area contributed by atoms with Crippen molar-refractivity contribution in [1.29, 1.82) is 5.41 Å². The molecule has 0 unspecified atom stereocenters. The molecule has 1 heterocycles. The second-order valence-corrected chi connectivity index (χ2v) is 8.68. The minimum absolute atomic E-state index is 0. The maximum absolute atomic E-state index is 12.7. The summed E-state index contributed by atoms with van der Waals surface area (Å²) in [5, 5.41) is 7.58. The lowest BCUT2D eigenvalue weighted by molar-refractivity contribution is 0.301. The molecule has 164 valence electrons. The predicted molar refractivity (Wildman–Crippen MR) is 119 cm³/mol. The van der Waals surface area contributed by atoms with E-state index in [1.807, 2.05) is 17.9 Å². The molecule has 5 N–H and O–H groups in total.